The maximum atomic E-state index is 12.8. The van der Waals surface area contributed by atoms with Crippen LogP contribution in [0.15, 0.2) is 67.3 Å². The van der Waals surface area contributed by atoms with Gasteiger partial charge in [0.2, 0.25) is 0 Å². The second kappa shape index (κ2) is 9.05. The molecular weight excluding hydrogens is 372 g/mol. The summed E-state index contributed by atoms with van der Waals surface area (Å²) in [5, 5.41) is 3.33. The van der Waals surface area contributed by atoms with Crippen LogP contribution >= 0.6 is 0 Å². The third-order valence-electron chi connectivity index (χ3n) is 7.01. The Morgan fingerprint density at radius 3 is 2.83 bits per heavy atom. The number of fused-ring (bicyclic) bond motifs is 1. The minimum Gasteiger partial charge on any atom is -0.497 e. The van der Waals surface area contributed by atoms with Crippen LogP contribution < -0.4 is 10.1 Å². The normalized spacial score (nSPS) is 26.4. The van der Waals surface area contributed by atoms with Crippen molar-refractivity contribution >= 4 is 5.91 Å². The van der Waals surface area contributed by atoms with Crippen molar-refractivity contribution in [2.24, 2.45) is 5.92 Å². The Morgan fingerprint density at radius 1 is 1.23 bits per heavy atom. The molecule has 2 fully saturated rings. The van der Waals surface area contributed by atoms with Gasteiger partial charge in [-0.3, -0.25) is 9.69 Å². The van der Waals surface area contributed by atoms with Gasteiger partial charge in [-0.25, -0.2) is 0 Å². The first-order chi connectivity index (χ1) is 14.6. The predicted octanol–water partition coefficient (Wildman–Crippen LogP) is 4.42. The summed E-state index contributed by atoms with van der Waals surface area (Å²) in [7, 11) is 1.73. The van der Waals surface area contributed by atoms with Gasteiger partial charge in [-0.15, -0.1) is 6.58 Å². The molecule has 1 aliphatic carbocycles. The van der Waals surface area contributed by atoms with Gasteiger partial charge in [-0.2, -0.15) is 0 Å². The van der Waals surface area contributed by atoms with Crippen molar-refractivity contribution < 1.29 is 9.53 Å². The molecule has 1 amide bonds. The van der Waals surface area contributed by atoms with Crippen molar-refractivity contribution in [3.8, 4) is 5.75 Å². The molecule has 0 unspecified atom stereocenters. The van der Waals surface area contributed by atoms with E-state index in [1.165, 1.54) is 5.56 Å². The van der Waals surface area contributed by atoms with E-state index >= 15 is 0 Å². The van der Waals surface area contributed by atoms with E-state index in [2.05, 4.69) is 35.0 Å². The van der Waals surface area contributed by atoms with Gasteiger partial charge in [0.1, 0.15) is 5.75 Å². The quantitative estimate of drug-likeness (QED) is 0.725. The highest BCUT2D eigenvalue weighted by Crippen LogP contribution is 2.49. The number of hydrogen-bond acceptors (Lipinski definition) is 3. The summed E-state index contributed by atoms with van der Waals surface area (Å²) in [6.07, 6.45) is 6.22. The first kappa shape index (κ1) is 20.7. The smallest absolute Gasteiger partial charge is 0.251 e. The zero-order valence-electron chi connectivity index (χ0n) is 17.8. The minimum absolute atomic E-state index is 0.0314. The summed E-state index contributed by atoms with van der Waals surface area (Å²) < 4.78 is 5.54. The SMILES string of the molecule is C=CCN1CC[C@@]2(c3cccc(OC)c3)C[C@H](NC(=O)c3ccccc3)CC[C@@H]2C1. The number of nitrogens with one attached hydrogen (secondary N) is 1. The van der Waals surface area contributed by atoms with E-state index in [4.69, 9.17) is 4.74 Å². The number of ether oxygens (including phenoxy) is 1. The molecule has 30 heavy (non-hydrogen) atoms. The monoisotopic (exact) mass is 404 g/mol. The van der Waals surface area contributed by atoms with Crippen molar-refractivity contribution in [1.29, 1.82) is 0 Å². The maximum Gasteiger partial charge on any atom is 0.251 e. The predicted molar refractivity (Wildman–Crippen MR) is 121 cm³/mol. The van der Waals surface area contributed by atoms with Crippen molar-refractivity contribution in [2.75, 3.05) is 26.7 Å². The molecule has 0 aromatic heterocycles. The summed E-state index contributed by atoms with van der Waals surface area (Å²) in [5.74, 6) is 1.51. The Bertz CT molecular complexity index is 882. The molecule has 2 aromatic carbocycles. The molecule has 0 bridgehead atoms. The van der Waals surface area contributed by atoms with E-state index in [-0.39, 0.29) is 17.4 Å². The standard InChI is InChI=1S/C26H32N2O2/c1-3-15-28-16-14-26(21-10-7-11-24(17-21)30-2)18-23(13-12-22(26)19-28)27-25(29)20-8-5-4-6-9-20/h3-11,17,22-23H,1,12-16,18-19H2,2H3,(H,27,29)/t22-,23-,26+/m1/s1. The summed E-state index contributed by atoms with van der Waals surface area (Å²) in [6.45, 7) is 7.01. The molecule has 0 radical (unpaired) electrons. The van der Waals surface area contributed by atoms with Crippen LogP contribution in [0, 0.1) is 5.92 Å². The summed E-state index contributed by atoms with van der Waals surface area (Å²) >= 11 is 0. The lowest BCUT2D eigenvalue weighted by molar-refractivity contribution is 0.0473. The number of carbonyl (C=O) groups excluding carboxylic acids is 1. The number of rotatable bonds is 6. The first-order valence-corrected chi connectivity index (χ1v) is 11.0. The zero-order valence-corrected chi connectivity index (χ0v) is 17.8. The first-order valence-electron chi connectivity index (χ1n) is 11.0. The summed E-state index contributed by atoms with van der Waals surface area (Å²) in [6, 6.07) is 18.3. The van der Waals surface area contributed by atoms with Crippen LogP contribution in [-0.2, 0) is 5.41 Å². The highest BCUT2D eigenvalue weighted by molar-refractivity contribution is 5.94. The molecule has 4 heteroatoms. The minimum atomic E-state index is 0.0314. The van der Waals surface area contributed by atoms with Gasteiger partial charge in [-0.05, 0) is 68.0 Å². The maximum absolute atomic E-state index is 12.8. The number of hydrogen-bond donors (Lipinski definition) is 1. The molecule has 1 aliphatic heterocycles. The molecule has 1 saturated carbocycles. The Hall–Kier alpha value is -2.59. The number of carbonyl (C=O) groups is 1. The van der Waals surface area contributed by atoms with Gasteiger partial charge in [0.25, 0.3) is 5.91 Å². The van der Waals surface area contributed by atoms with Crippen LogP contribution in [0.4, 0.5) is 0 Å². The number of likely N-dealkylation sites (tertiary alicyclic amines) is 1. The molecule has 4 nitrogen and oxygen atoms in total. The fourth-order valence-corrected chi connectivity index (χ4v) is 5.48. The van der Waals surface area contributed by atoms with E-state index in [0.29, 0.717) is 5.92 Å². The van der Waals surface area contributed by atoms with Crippen LogP contribution in [-0.4, -0.2) is 43.6 Å². The second-order valence-corrected chi connectivity index (χ2v) is 8.70. The molecule has 1 saturated heterocycles. The summed E-state index contributed by atoms with van der Waals surface area (Å²) in [4.78, 5) is 15.3. The van der Waals surface area contributed by atoms with Crippen LogP contribution in [0.3, 0.4) is 0 Å². The number of benzene rings is 2. The van der Waals surface area contributed by atoms with Crippen LogP contribution in [0.2, 0.25) is 0 Å². The van der Waals surface area contributed by atoms with Gasteiger partial charge >= 0.3 is 0 Å². The Morgan fingerprint density at radius 2 is 2.07 bits per heavy atom. The summed E-state index contributed by atoms with van der Waals surface area (Å²) in [5.41, 5.74) is 2.15. The number of methoxy groups -OCH3 is 1. The molecule has 4 rings (SSSR count). The Balaban J connectivity index is 1.59. The lowest BCUT2D eigenvalue weighted by Gasteiger charge is -2.53. The van der Waals surface area contributed by atoms with Crippen molar-refractivity contribution in [3.63, 3.8) is 0 Å². The van der Waals surface area contributed by atoms with Crippen LogP contribution in [0.25, 0.3) is 0 Å². The van der Waals surface area contributed by atoms with Gasteiger partial charge in [-0.1, -0.05) is 36.4 Å². The molecule has 1 N–H and O–H groups in total. The highest BCUT2D eigenvalue weighted by atomic mass is 16.5. The van der Waals surface area contributed by atoms with E-state index < -0.39 is 0 Å². The molecule has 3 atom stereocenters. The van der Waals surface area contributed by atoms with Crippen molar-refractivity contribution in [2.45, 2.75) is 37.1 Å². The van der Waals surface area contributed by atoms with E-state index in [9.17, 15) is 4.79 Å². The number of piperidine rings is 1. The molecular formula is C26H32N2O2. The van der Waals surface area contributed by atoms with Crippen molar-refractivity contribution in [1.82, 2.24) is 10.2 Å². The fraction of sp³-hybridized carbons (Fsp3) is 0.423. The molecule has 1 heterocycles. The van der Waals surface area contributed by atoms with Crippen molar-refractivity contribution in [3.05, 3.63) is 78.4 Å². The van der Waals surface area contributed by atoms with E-state index in [1.54, 1.807) is 7.11 Å². The van der Waals surface area contributed by atoms with Gasteiger partial charge in [0, 0.05) is 30.1 Å². The van der Waals surface area contributed by atoms with Gasteiger partial charge in [0.15, 0.2) is 0 Å². The topological polar surface area (TPSA) is 41.6 Å². The van der Waals surface area contributed by atoms with E-state index in [0.717, 1.165) is 56.6 Å². The molecule has 158 valence electrons. The van der Waals surface area contributed by atoms with Gasteiger partial charge < -0.3 is 10.1 Å². The van der Waals surface area contributed by atoms with E-state index in [1.807, 2.05) is 42.5 Å². The molecule has 2 aromatic rings. The Kier molecular flexibility index (Phi) is 6.24. The largest absolute Gasteiger partial charge is 0.497 e. The molecule has 2 aliphatic rings. The number of nitrogens with zero attached hydrogens (tertiary/aromatic N) is 1. The van der Waals surface area contributed by atoms with Crippen LogP contribution in [0.5, 0.6) is 5.75 Å². The average molecular weight is 405 g/mol. The average Bonchev–Trinajstić information content (AvgIpc) is 2.80. The Labute approximate surface area is 179 Å². The lowest BCUT2D eigenvalue weighted by Crippen LogP contribution is -2.56. The highest BCUT2D eigenvalue weighted by Gasteiger charge is 2.48. The third-order valence-corrected chi connectivity index (χ3v) is 7.01. The van der Waals surface area contributed by atoms with Gasteiger partial charge in [0.05, 0.1) is 7.11 Å². The lowest BCUT2D eigenvalue weighted by atomic mass is 9.58. The molecule has 0 spiro atoms. The zero-order chi connectivity index (χ0) is 21.0. The second-order valence-electron chi connectivity index (χ2n) is 8.70. The van der Waals surface area contributed by atoms with Crippen LogP contribution in [0.1, 0.15) is 41.6 Å². The third kappa shape index (κ3) is 4.15. The fourth-order valence-electron chi connectivity index (χ4n) is 5.48. The number of amides is 1.